The van der Waals surface area contributed by atoms with Crippen LogP contribution in [0.3, 0.4) is 0 Å². The summed E-state index contributed by atoms with van der Waals surface area (Å²) in [5.74, 6) is 1.82. The van der Waals surface area contributed by atoms with Crippen molar-refractivity contribution in [3.05, 3.63) is 200 Å². The fourth-order valence-corrected chi connectivity index (χ4v) is 9.55. The van der Waals surface area contributed by atoms with Gasteiger partial charge in [-0.3, -0.25) is 0 Å². The van der Waals surface area contributed by atoms with Crippen LogP contribution in [0.5, 0.6) is 0 Å². The number of hydrogen-bond acceptors (Lipinski definition) is 4. The van der Waals surface area contributed by atoms with Crippen molar-refractivity contribution in [1.82, 2.24) is 24.1 Å². The van der Waals surface area contributed by atoms with E-state index in [0.29, 0.717) is 17.5 Å². The molecule has 9 aromatic carbocycles. The molecule has 13 rings (SSSR count). The van der Waals surface area contributed by atoms with Crippen molar-refractivity contribution >= 4 is 76.3 Å². The van der Waals surface area contributed by atoms with Crippen LogP contribution in [-0.4, -0.2) is 24.1 Å². The fraction of sp³-hybridized carbons (Fsp3) is 0. The third-order valence-electron chi connectivity index (χ3n) is 12.1. The molecule has 0 unspecified atom stereocenters. The van der Waals surface area contributed by atoms with E-state index in [1.165, 1.54) is 21.5 Å². The molecular formula is C55H33N5O. The molecule has 0 aliphatic heterocycles. The summed E-state index contributed by atoms with van der Waals surface area (Å²) in [5, 5.41) is 9.00. The molecule has 284 valence electrons. The highest BCUT2D eigenvalue weighted by molar-refractivity contribution is 6.27. The molecule has 0 atom stereocenters. The molecule has 0 aliphatic carbocycles. The number of aromatic nitrogens is 5. The Kier molecular flexibility index (Phi) is 7.21. The zero-order chi connectivity index (χ0) is 40.0. The Bertz CT molecular complexity index is 3810. The van der Waals surface area contributed by atoms with Gasteiger partial charge < -0.3 is 13.6 Å². The second kappa shape index (κ2) is 13.1. The van der Waals surface area contributed by atoms with Gasteiger partial charge in [0.2, 0.25) is 0 Å². The van der Waals surface area contributed by atoms with Crippen molar-refractivity contribution in [2.45, 2.75) is 0 Å². The summed E-state index contributed by atoms with van der Waals surface area (Å²) in [5.41, 5.74) is 11.0. The molecule has 0 bridgehead atoms. The fourth-order valence-electron chi connectivity index (χ4n) is 9.55. The van der Waals surface area contributed by atoms with Crippen LogP contribution in [0.25, 0.3) is 122 Å². The van der Waals surface area contributed by atoms with Gasteiger partial charge in [0.15, 0.2) is 23.1 Å². The van der Waals surface area contributed by atoms with Gasteiger partial charge in [0.05, 0.1) is 27.8 Å². The first-order valence-electron chi connectivity index (χ1n) is 20.5. The number of furan rings is 1. The molecule has 0 radical (unpaired) electrons. The zero-order valence-electron chi connectivity index (χ0n) is 32.7. The lowest BCUT2D eigenvalue weighted by Gasteiger charge is -2.11. The highest BCUT2D eigenvalue weighted by atomic mass is 16.3. The number of benzene rings is 9. The SMILES string of the molecule is c1ccc(-c2nc(-c3ccccc3)nc(-c3cc4oc5c(-n6c7ccccc7c7ccc8c(c9ccccc9n8-c8ccccc8)c76)cccc5c4c4ccccc34)n2)cc1. The molecule has 0 saturated carbocycles. The van der Waals surface area contributed by atoms with Crippen LogP contribution in [0.4, 0.5) is 0 Å². The maximum atomic E-state index is 7.18. The van der Waals surface area contributed by atoms with E-state index in [9.17, 15) is 0 Å². The first kappa shape index (κ1) is 33.6. The minimum Gasteiger partial charge on any atom is -0.454 e. The van der Waals surface area contributed by atoms with Crippen LogP contribution in [0.2, 0.25) is 0 Å². The maximum absolute atomic E-state index is 7.18. The lowest BCUT2D eigenvalue weighted by molar-refractivity contribution is 0.667. The van der Waals surface area contributed by atoms with Crippen LogP contribution in [-0.2, 0) is 0 Å². The lowest BCUT2D eigenvalue weighted by atomic mass is 9.98. The van der Waals surface area contributed by atoms with E-state index in [-0.39, 0.29) is 0 Å². The summed E-state index contributed by atoms with van der Waals surface area (Å²) in [6.07, 6.45) is 0. The normalized spacial score (nSPS) is 11.9. The monoisotopic (exact) mass is 779 g/mol. The van der Waals surface area contributed by atoms with Crippen molar-refractivity contribution in [2.24, 2.45) is 0 Å². The van der Waals surface area contributed by atoms with Crippen LogP contribution in [0.1, 0.15) is 0 Å². The van der Waals surface area contributed by atoms with Gasteiger partial charge in [-0.05, 0) is 53.2 Å². The van der Waals surface area contributed by atoms with Gasteiger partial charge in [0.1, 0.15) is 5.58 Å². The first-order valence-corrected chi connectivity index (χ1v) is 20.5. The molecule has 0 fully saturated rings. The largest absolute Gasteiger partial charge is 0.454 e. The Labute approximate surface area is 349 Å². The minimum absolute atomic E-state index is 0.589. The molecule has 0 amide bonds. The number of fused-ring (bicyclic) bond motifs is 12. The molecule has 4 heterocycles. The van der Waals surface area contributed by atoms with Gasteiger partial charge in [-0.2, -0.15) is 0 Å². The first-order chi connectivity index (χ1) is 30.3. The summed E-state index contributed by atoms with van der Waals surface area (Å²) in [6, 6.07) is 70.1. The zero-order valence-corrected chi connectivity index (χ0v) is 32.7. The quantitative estimate of drug-likeness (QED) is 0.175. The second-order valence-electron chi connectivity index (χ2n) is 15.5. The smallest absolute Gasteiger partial charge is 0.164 e. The van der Waals surface area contributed by atoms with Gasteiger partial charge in [0.25, 0.3) is 0 Å². The molecule has 0 saturated heterocycles. The lowest BCUT2D eigenvalue weighted by Crippen LogP contribution is -2.00. The molecule has 4 aromatic heterocycles. The highest BCUT2D eigenvalue weighted by Gasteiger charge is 2.24. The molecule has 6 heteroatoms. The van der Waals surface area contributed by atoms with Crippen molar-refractivity contribution in [3.63, 3.8) is 0 Å². The van der Waals surface area contributed by atoms with Crippen LogP contribution >= 0.6 is 0 Å². The van der Waals surface area contributed by atoms with E-state index in [0.717, 1.165) is 82.8 Å². The Morgan fingerprint density at radius 1 is 0.361 bits per heavy atom. The average Bonchev–Trinajstić information content (AvgIpc) is 4.00. The van der Waals surface area contributed by atoms with Crippen LogP contribution in [0.15, 0.2) is 205 Å². The summed E-state index contributed by atoms with van der Waals surface area (Å²) in [6.45, 7) is 0. The van der Waals surface area contributed by atoms with E-state index in [1.807, 2.05) is 60.7 Å². The number of nitrogens with zero attached hydrogens (tertiary/aromatic N) is 5. The van der Waals surface area contributed by atoms with E-state index < -0.39 is 0 Å². The number of para-hydroxylation sites is 4. The van der Waals surface area contributed by atoms with Crippen LogP contribution in [0, 0.1) is 0 Å². The predicted molar refractivity (Wildman–Crippen MR) is 250 cm³/mol. The van der Waals surface area contributed by atoms with Crippen molar-refractivity contribution in [3.8, 4) is 45.5 Å². The molecular weight excluding hydrogens is 747 g/mol. The Morgan fingerprint density at radius 3 is 1.62 bits per heavy atom. The topological polar surface area (TPSA) is 61.7 Å². The minimum atomic E-state index is 0.589. The van der Waals surface area contributed by atoms with Gasteiger partial charge in [-0.15, -0.1) is 0 Å². The Balaban J connectivity index is 1.11. The summed E-state index contributed by atoms with van der Waals surface area (Å²) in [7, 11) is 0. The predicted octanol–water partition coefficient (Wildman–Crippen LogP) is 14.1. The van der Waals surface area contributed by atoms with Gasteiger partial charge in [-0.25, -0.2) is 15.0 Å². The van der Waals surface area contributed by atoms with Gasteiger partial charge in [0, 0.05) is 54.7 Å². The molecule has 61 heavy (non-hydrogen) atoms. The molecule has 0 spiro atoms. The second-order valence-corrected chi connectivity index (χ2v) is 15.5. The maximum Gasteiger partial charge on any atom is 0.164 e. The van der Waals surface area contributed by atoms with E-state index >= 15 is 0 Å². The third kappa shape index (κ3) is 5.00. The average molecular weight is 780 g/mol. The van der Waals surface area contributed by atoms with Gasteiger partial charge in [-0.1, -0.05) is 158 Å². The standard InChI is InChI=1S/C55H33N5O/c1-4-17-34(18-5-1)53-56-54(35-19-6-2-7-20-35)58-55(57-53)43-33-48-49(39-25-11-10-23-37(39)43)42-27-16-30-47(52(42)61-48)60-44-28-14-12-24-38(44)40-31-32-46-50(51(40)60)41-26-13-15-29-45(41)59(46)36-21-8-3-9-22-36/h1-33H. The Hall–Kier alpha value is -8.35. The van der Waals surface area contributed by atoms with Crippen molar-refractivity contribution < 1.29 is 4.42 Å². The summed E-state index contributed by atoms with van der Waals surface area (Å²) < 4.78 is 12.0. The van der Waals surface area contributed by atoms with Gasteiger partial charge >= 0.3 is 0 Å². The van der Waals surface area contributed by atoms with Crippen molar-refractivity contribution in [1.29, 1.82) is 0 Å². The number of hydrogen-bond donors (Lipinski definition) is 0. The van der Waals surface area contributed by atoms with E-state index in [2.05, 4.69) is 149 Å². The van der Waals surface area contributed by atoms with E-state index in [4.69, 9.17) is 19.4 Å². The molecule has 6 nitrogen and oxygen atoms in total. The summed E-state index contributed by atoms with van der Waals surface area (Å²) >= 11 is 0. The van der Waals surface area contributed by atoms with Crippen molar-refractivity contribution in [2.75, 3.05) is 0 Å². The molecule has 0 N–H and O–H groups in total. The third-order valence-corrected chi connectivity index (χ3v) is 12.1. The summed E-state index contributed by atoms with van der Waals surface area (Å²) in [4.78, 5) is 15.3. The highest BCUT2D eigenvalue weighted by Crippen LogP contribution is 2.46. The van der Waals surface area contributed by atoms with Crippen LogP contribution < -0.4 is 0 Å². The number of rotatable bonds is 5. The van der Waals surface area contributed by atoms with E-state index in [1.54, 1.807) is 0 Å². The Morgan fingerprint density at radius 2 is 0.918 bits per heavy atom. The molecule has 13 aromatic rings. The molecule has 0 aliphatic rings.